The summed E-state index contributed by atoms with van der Waals surface area (Å²) >= 11 is 17.1. The molecule has 5 rings (SSSR count). The van der Waals surface area contributed by atoms with Crippen molar-refractivity contribution in [1.82, 2.24) is 15.2 Å². The molecule has 236 valence electrons. The number of amides is 1. The number of halogens is 3. The maximum Gasteiger partial charge on any atom is 0.272 e. The van der Waals surface area contributed by atoms with Crippen molar-refractivity contribution in [3.63, 3.8) is 0 Å². The van der Waals surface area contributed by atoms with Gasteiger partial charge >= 0.3 is 0 Å². The van der Waals surface area contributed by atoms with Gasteiger partial charge in [0.15, 0.2) is 6.29 Å². The monoisotopic (exact) mass is 667 g/mol. The molecule has 1 fully saturated rings. The number of nitrogens with one attached hydrogen (secondary N) is 1. The largest absolute Gasteiger partial charge is 0.392 e. The van der Waals surface area contributed by atoms with Crippen molar-refractivity contribution < 1.29 is 19.4 Å². The number of aromatic nitrogens is 1. The second-order valence-electron chi connectivity index (χ2n) is 11.2. The van der Waals surface area contributed by atoms with E-state index in [9.17, 15) is 9.90 Å². The summed E-state index contributed by atoms with van der Waals surface area (Å²) in [7, 11) is 2.10. The Morgan fingerprint density at radius 3 is 2.40 bits per heavy atom. The van der Waals surface area contributed by atoms with Gasteiger partial charge in [-0.05, 0) is 59.1 Å². The van der Waals surface area contributed by atoms with Crippen molar-refractivity contribution in [1.29, 1.82) is 0 Å². The van der Waals surface area contributed by atoms with E-state index in [2.05, 4.69) is 28.3 Å². The van der Waals surface area contributed by atoms with E-state index in [0.29, 0.717) is 6.42 Å². The van der Waals surface area contributed by atoms with Crippen LogP contribution in [0.15, 0.2) is 97.2 Å². The van der Waals surface area contributed by atoms with E-state index in [1.54, 1.807) is 0 Å². The number of carbonyl (C=O) groups excluding carboxylic acids is 1. The molecule has 10 heteroatoms. The van der Waals surface area contributed by atoms with Crippen molar-refractivity contribution in [2.75, 3.05) is 20.1 Å². The molecule has 1 aliphatic heterocycles. The molecule has 1 aliphatic rings. The van der Waals surface area contributed by atoms with Crippen LogP contribution >= 0.6 is 34.8 Å². The minimum atomic E-state index is -2.02. The van der Waals surface area contributed by atoms with Gasteiger partial charge in [-0.2, -0.15) is 0 Å². The lowest BCUT2D eigenvalue weighted by Gasteiger charge is -2.38. The number of alkyl halides is 3. The first-order chi connectivity index (χ1) is 21.7. The lowest BCUT2D eigenvalue weighted by atomic mass is 9.98. The fourth-order valence-corrected chi connectivity index (χ4v) is 5.53. The van der Waals surface area contributed by atoms with E-state index in [4.69, 9.17) is 44.3 Å². The molecule has 1 saturated heterocycles. The first-order valence-electron chi connectivity index (χ1n) is 14.8. The number of aliphatic hydroxyl groups is 1. The van der Waals surface area contributed by atoms with Gasteiger partial charge in [0.1, 0.15) is 0 Å². The summed E-state index contributed by atoms with van der Waals surface area (Å²) in [4.78, 5) is 18.7. The van der Waals surface area contributed by atoms with E-state index in [-0.39, 0.29) is 25.4 Å². The molecule has 0 radical (unpaired) electrons. The molecule has 2 N–H and O–H groups in total. The Kier molecular flexibility index (Phi) is 11.5. The van der Waals surface area contributed by atoms with Gasteiger partial charge in [0.05, 0.1) is 18.8 Å². The lowest BCUT2D eigenvalue weighted by Crippen LogP contribution is -2.38. The van der Waals surface area contributed by atoms with E-state index in [1.165, 1.54) is 0 Å². The van der Waals surface area contributed by atoms with E-state index < -0.39 is 16.0 Å². The third-order valence-electron chi connectivity index (χ3n) is 7.74. The molecule has 1 amide bonds. The molecule has 0 spiro atoms. The van der Waals surface area contributed by atoms with E-state index in [1.807, 2.05) is 91.1 Å². The Morgan fingerprint density at radius 2 is 1.69 bits per heavy atom. The SMILES string of the molecule is CN(CCc1ccccn1)CC1CC(c2ccc(CO)cc2)OC(c2cccc(-c3cccc(CNC(=O)C(Cl)(Cl)Cl)c3)c2)O1. The Balaban J connectivity index is 1.33. The fraction of sp³-hybridized carbons (Fsp3) is 0.314. The van der Waals surface area contributed by atoms with Crippen LogP contribution in [0.2, 0.25) is 0 Å². The van der Waals surface area contributed by atoms with Gasteiger partial charge in [-0.3, -0.25) is 9.78 Å². The number of rotatable bonds is 11. The smallest absolute Gasteiger partial charge is 0.272 e. The van der Waals surface area contributed by atoms with Crippen LogP contribution < -0.4 is 5.32 Å². The second-order valence-corrected chi connectivity index (χ2v) is 13.5. The van der Waals surface area contributed by atoms with Gasteiger partial charge in [-0.1, -0.05) is 102 Å². The first kappa shape index (κ1) is 33.4. The Morgan fingerprint density at radius 1 is 0.933 bits per heavy atom. The third kappa shape index (κ3) is 9.50. The van der Waals surface area contributed by atoms with Crippen molar-refractivity contribution in [2.24, 2.45) is 0 Å². The van der Waals surface area contributed by atoms with E-state index >= 15 is 0 Å². The summed E-state index contributed by atoms with van der Waals surface area (Å²) in [6.07, 6.45) is 2.54. The lowest BCUT2D eigenvalue weighted by molar-refractivity contribution is -0.252. The molecule has 3 aromatic carbocycles. The number of likely N-dealkylation sites (N-methyl/N-ethyl adjacent to an activating group) is 1. The van der Waals surface area contributed by atoms with Gasteiger partial charge in [0.25, 0.3) is 9.70 Å². The molecule has 45 heavy (non-hydrogen) atoms. The van der Waals surface area contributed by atoms with Crippen LogP contribution in [-0.4, -0.2) is 50.9 Å². The molecule has 0 aliphatic carbocycles. The quantitative estimate of drug-likeness (QED) is 0.169. The second kappa shape index (κ2) is 15.5. The zero-order valence-corrected chi connectivity index (χ0v) is 27.2. The Hall–Kier alpha value is -3.01. The number of carbonyl (C=O) groups is 1. The molecule has 1 aromatic heterocycles. The standard InChI is InChI=1S/C35H36Cl3N3O4/c1-41(17-15-30-10-2-3-16-39-30)22-31-20-32(26-13-11-24(23-42)12-14-26)45-33(44-31)29-9-5-8-28(19-29)27-7-4-6-25(18-27)21-40-34(43)35(36,37)38/h2-14,16,18-19,31-33,42H,15,17,20-23H2,1H3,(H,40,43). The minimum absolute atomic E-state index is 0.00546. The van der Waals surface area contributed by atoms with Crippen LogP contribution in [-0.2, 0) is 33.8 Å². The van der Waals surface area contributed by atoms with Gasteiger partial charge in [0.2, 0.25) is 0 Å². The van der Waals surface area contributed by atoms with Crippen LogP contribution in [0.1, 0.15) is 46.8 Å². The Labute approximate surface area is 279 Å². The molecule has 4 aromatic rings. The zero-order valence-electron chi connectivity index (χ0n) is 24.9. The summed E-state index contributed by atoms with van der Waals surface area (Å²) in [5.74, 6) is -0.677. The highest BCUT2D eigenvalue weighted by Crippen LogP contribution is 2.39. The number of nitrogens with zero attached hydrogens (tertiary/aromatic N) is 2. The number of aliphatic hydroxyl groups excluding tert-OH is 1. The molecular formula is C35H36Cl3N3O4. The summed E-state index contributed by atoms with van der Waals surface area (Å²) in [6, 6.07) is 29.8. The fourth-order valence-electron chi connectivity index (χ4n) is 5.33. The highest BCUT2D eigenvalue weighted by molar-refractivity contribution is 6.76. The number of benzene rings is 3. The molecule has 7 nitrogen and oxygen atoms in total. The summed E-state index contributed by atoms with van der Waals surface area (Å²) < 4.78 is 11.2. The topological polar surface area (TPSA) is 83.9 Å². The van der Waals surface area contributed by atoms with Crippen LogP contribution in [0.25, 0.3) is 11.1 Å². The van der Waals surface area contributed by atoms with Crippen molar-refractivity contribution >= 4 is 40.7 Å². The average Bonchev–Trinajstić information content (AvgIpc) is 3.06. The average molecular weight is 669 g/mol. The normalized spacial score (nSPS) is 18.6. The van der Waals surface area contributed by atoms with E-state index in [0.717, 1.165) is 58.6 Å². The maximum atomic E-state index is 12.0. The van der Waals surface area contributed by atoms with Gasteiger partial charge < -0.3 is 24.8 Å². The number of hydrogen-bond donors (Lipinski definition) is 2. The van der Waals surface area contributed by atoms with Crippen LogP contribution in [0, 0.1) is 0 Å². The molecule has 3 atom stereocenters. The predicted octanol–water partition coefficient (Wildman–Crippen LogP) is 6.95. The molecule has 0 saturated carbocycles. The van der Waals surface area contributed by atoms with Crippen LogP contribution in [0.3, 0.4) is 0 Å². The highest BCUT2D eigenvalue weighted by Gasteiger charge is 2.33. The molecular weight excluding hydrogens is 633 g/mol. The molecule has 2 heterocycles. The predicted molar refractivity (Wildman–Crippen MR) is 178 cm³/mol. The summed E-state index contributed by atoms with van der Waals surface area (Å²) in [6.45, 7) is 1.81. The van der Waals surface area contributed by atoms with Crippen molar-refractivity contribution in [2.45, 2.75) is 48.3 Å². The summed E-state index contributed by atoms with van der Waals surface area (Å²) in [5.41, 5.74) is 6.68. The number of pyridine rings is 1. The molecule has 3 unspecified atom stereocenters. The van der Waals surface area contributed by atoms with Gasteiger partial charge in [-0.15, -0.1) is 0 Å². The van der Waals surface area contributed by atoms with Gasteiger partial charge in [-0.25, -0.2) is 0 Å². The molecule has 0 bridgehead atoms. The van der Waals surface area contributed by atoms with Gasteiger partial charge in [0, 0.05) is 49.9 Å². The third-order valence-corrected chi connectivity index (χ3v) is 8.25. The van der Waals surface area contributed by atoms with Crippen LogP contribution in [0.4, 0.5) is 0 Å². The van der Waals surface area contributed by atoms with Crippen LogP contribution in [0.5, 0.6) is 0 Å². The van der Waals surface area contributed by atoms with Crippen molar-refractivity contribution in [3.05, 3.63) is 125 Å². The first-order valence-corrected chi connectivity index (χ1v) is 15.9. The summed E-state index contributed by atoms with van der Waals surface area (Å²) in [5, 5.41) is 12.2. The number of ether oxygens (including phenoxy) is 2. The maximum absolute atomic E-state index is 12.0. The zero-order chi connectivity index (χ0) is 31.8. The Bertz CT molecular complexity index is 1550. The highest BCUT2D eigenvalue weighted by atomic mass is 35.6. The van der Waals surface area contributed by atoms with Crippen molar-refractivity contribution in [3.8, 4) is 11.1 Å². The minimum Gasteiger partial charge on any atom is -0.392 e. The number of hydrogen-bond acceptors (Lipinski definition) is 6.